The lowest BCUT2D eigenvalue weighted by Crippen LogP contribution is -2.19. The summed E-state index contributed by atoms with van der Waals surface area (Å²) >= 11 is 0. The summed E-state index contributed by atoms with van der Waals surface area (Å²) in [7, 11) is 0. The molecule has 0 fully saturated rings. The Morgan fingerprint density at radius 1 is 1.78 bits per heavy atom. The van der Waals surface area contributed by atoms with E-state index in [-0.39, 0.29) is 6.73 Å². The SMILES string of the molecule is C=C(C)NCCOCN. The minimum absolute atomic E-state index is 0.290. The Labute approximate surface area is 55.9 Å². The van der Waals surface area contributed by atoms with Crippen LogP contribution in [0, 0.1) is 0 Å². The first-order valence-corrected chi connectivity index (χ1v) is 2.94. The quantitative estimate of drug-likeness (QED) is 0.408. The second-order valence-electron chi connectivity index (χ2n) is 1.78. The van der Waals surface area contributed by atoms with Crippen molar-refractivity contribution >= 4 is 0 Å². The second-order valence-corrected chi connectivity index (χ2v) is 1.78. The Bertz CT molecular complexity index is 83.1. The van der Waals surface area contributed by atoms with Gasteiger partial charge in [0.25, 0.3) is 0 Å². The fourth-order valence-corrected chi connectivity index (χ4v) is 0.420. The van der Waals surface area contributed by atoms with Crippen molar-refractivity contribution < 1.29 is 4.74 Å². The highest BCUT2D eigenvalue weighted by atomic mass is 16.5. The van der Waals surface area contributed by atoms with Crippen LogP contribution >= 0.6 is 0 Å². The van der Waals surface area contributed by atoms with Crippen molar-refractivity contribution in [3.8, 4) is 0 Å². The highest BCUT2D eigenvalue weighted by Crippen LogP contribution is 1.76. The van der Waals surface area contributed by atoms with Crippen LogP contribution in [0.4, 0.5) is 0 Å². The van der Waals surface area contributed by atoms with Gasteiger partial charge in [0.05, 0.1) is 13.3 Å². The van der Waals surface area contributed by atoms with Gasteiger partial charge in [-0.2, -0.15) is 0 Å². The van der Waals surface area contributed by atoms with Gasteiger partial charge in [-0.05, 0) is 6.92 Å². The maximum atomic E-state index is 5.07. The van der Waals surface area contributed by atoms with Gasteiger partial charge < -0.3 is 15.8 Å². The Morgan fingerprint density at radius 3 is 2.89 bits per heavy atom. The Kier molecular flexibility index (Phi) is 5.26. The zero-order chi connectivity index (χ0) is 7.11. The van der Waals surface area contributed by atoms with Crippen LogP contribution in [0.25, 0.3) is 0 Å². The van der Waals surface area contributed by atoms with E-state index in [1.54, 1.807) is 0 Å². The summed E-state index contributed by atoms with van der Waals surface area (Å²) in [6.07, 6.45) is 0. The highest BCUT2D eigenvalue weighted by molar-refractivity contribution is 4.83. The standard InChI is InChI=1S/C6H14N2O/c1-6(2)8-3-4-9-5-7/h8H,1,3-5,7H2,2H3. The number of rotatable bonds is 5. The van der Waals surface area contributed by atoms with E-state index < -0.39 is 0 Å². The van der Waals surface area contributed by atoms with Gasteiger partial charge in [0, 0.05) is 12.2 Å². The number of hydrogen-bond acceptors (Lipinski definition) is 3. The molecule has 0 aromatic rings. The average Bonchev–Trinajstić information content (AvgIpc) is 1.80. The first-order chi connectivity index (χ1) is 4.27. The van der Waals surface area contributed by atoms with Crippen molar-refractivity contribution in [2.75, 3.05) is 19.9 Å². The van der Waals surface area contributed by atoms with Crippen LogP contribution in [-0.4, -0.2) is 19.9 Å². The fraction of sp³-hybridized carbons (Fsp3) is 0.667. The fourth-order valence-electron chi connectivity index (χ4n) is 0.420. The number of ether oxygens (including phenoxy) is 1. The molecule has 0 saturated carbocycles. The lowest BCUT2D eigenvalue weighted by molar-refractivity contribution is 0.144. The average molecular weight is 130 g/mol. The summed E-state index contributed by atoms with van der Waals surface area (Å²) < 4.78 is 4.86. The minimum Gasteiger partial charge on any atom is -0.387 e. The molecule has 54 valence electrons. The van der Waals surface area contributed by atoms with Crippen LogP contribution < -0.4 is 11.1 Å². The zero-order valence-corrected chi connectivity index (χ0v) is 5.81. The first kappa shape index (κ1) is 8.46. The van der Waals surface area contributed by atoms with Crippen LogP contribution in [0.1, 0.15) is 6.92 Å². The summed E-state index contributed by atoms with van der Waals surface area (Å²) in [4.78, 5) is 0. The molecule has 0 rings (SSSR count). The van der Waals surface area contributed by atoms with Gasteiger partial charge in [0.1, 0.15) is 0 Å². The van der Waals surface area contributed by atoms with Crippen LogP contribution in [0.2, 0.25) is 0 Å². The summed E-state index contributed by atoms with van der Waals surface area (Å²) in [6, 6.07) is 0. The molecule has 0 saturated heterocycles. The molecule has 0 aliphatic rings. The van der Waals surface area contributed by atoms with Crippen molar-refractivity contribution in [2.45, 2.75) is 6.92 Å². The van der Waals surface area contributed by atoms with Crippen LogP contribution in [0.15, 0.2) is 12.3 Å². The number of hydrogen-bond donors (Lipinski definition) is 2. The predicted octanol–water partition coefficient (Wildman–Crippen LogP) is 0.0424. The number of nitrogens with two attached hydrogens (primary N) is 1. The lowest BCUT2D eigenvalue weighted by Gasteiger charge is -2.03. The molecule has 0 aromatic heterocycles. The number of allylic oxidation sites excluding steroid dienone is 1. The molecule has 0 aromatic carbocycles. The van der Waals surface area contributed by atoms with Gasteiger partial charge in [-0.1, -0.05) is 6.58 Å². The van der Waals surface area contributed by atoms with Crippen LogP contribution in [0.3, 0.4) is 0 Å². The molecule has 0 aliphatic carbocycles. The lowest BCUT2D eigenvalue weighted by atomic mass is 10.5. The third kappa shape index (κ3) is 7.46. The predicted molar refractivity (Wildman–Crippen MR) is 37.8 cm³/mol. The van der Waals surface area contributed by atoms with E-state index in [0.29, 0.717) is 6.61 Å². The molecule has 0 bridgehead atoms. The Morgan fingerprint density at radius 2 is 2.44 bits per heavy atom. The maximum Gasteiger partial charge on any atom is 0.0941 e. The van der Waals surface area contributed by atoms with E-state index in [2.05, 4.69) is 11.9 Å². The molecule has 0 heterocycles. The van der Waals surface area contributed by atoms with E-state index in [9.17, 15) is 0 Å². The molecule has 3 nitrogen and oxygen atoms in total. The molecule has 0 aliphatic heterocycles. The topological polar surface area (TPSA) is 47.3 Å². The molecule has 3 heteroatoms. The molecule has 3 N–H and O–H groups in total. The molecule has 9 heavy (non-hydrogen) atoms. The molecule has 0 radical (unpaired) electrons. The zero-order valence-electron chi connectivity index (χ0n) is 5.81. The molecular formula is C6H14N2O. The minimum atomic E-state index is 0.290. The van der Waals surface area contributed by atoms with Gasteiger partial charge in [0.2, 0.25) is 0 Å². The summed E-state index contributed by atoms with van der Waals surface area (Å²) in [5, 5.41) is 3.01. The van der Waals surface area contributed by atoms with Gasteiger partial charge >= 0.3 is 0 Å². The van der Waals surface area contributed by atoms with Crippen molar-refractivity contribution in [1.29, 1.82) is 0 Å². The summed E-state index contributed by atoms with van der Waals surface area (Å²) in [5.74, 6) is 0. The Balaban J connectivity index is 2.83. The van der Waals surface area contributed by atoms with Crippen molar-refractivity contribution in [2.24, 2.45) is 5.73 Å². The Hall–Kier alpha value is -0.540. The molecule has 0 amide bonds. The van der Waals surface area contributed by atoms with Crippen molar-refractivity contribution in [1.82, 2.24) is 5.32 Å². The normalized spacial score (nSPS) is 9.11. The van der Waals surface area contributed by atoms with E-state index in [1.807, 2.05) is 6.92 Å². The third-order valence-corrected chi connectivity index (χ3v) is 0.791. The molecule has 0 atom stereocenters. The second kappa shape index (κ2) is 5.59. The van der Waals surface area contributed by atoms with E-state index in [4.69, 9.17) is 10.5 Å². The van der Waals surface area contributed by atoms with E-state index >= 15 is 0 Å². The van der Waals surface area contributed by atoms with Gasteiger partial charge in [0.15, 0.2) is 0 Å². The highest BCUT2D eigenvalue weighted by Gasteiger charge is 1.83. The number of nitrogens with one attached hydrogen (secondary N) is 1. The summed E-state index contributed by atoms with van der Waals surface area (Å²) in [6.45, 7) is 7.28. The monoisotopic (exact) mass is 130 g/mol. The largest absolute Gasteiger partial charge is 0.387 e. The first-order valence-electron chi connectivity index (χ1n) is 2.94. The smallest absolute Gasteiger partial charge is 0.0941 e. The molecule has 0 spiro atoms. The van der Waals surface area contributed by atoms with Gasteiger partial charge in [-0.25, -0.2) is 0 Å². The van der Waals surface area contributed by atoms with Gasteiger partial charge in [-0.3, -0.25) is 0 Å². The maximum absolute atomic E-state index is 5.07. The van der Waals surface area contributed by atoms with Gasteiger partial charge in [-0.15, -0.1) is 0 Å². The molecular weight excluding hydrogens is 116 g/mol. The summed E-state index contributed by atoms with van der Waals surface area (Å²) in [5.41, 5.74) is 6.03. The van der Waals surface area contributed by atoms with Crippen LogP contribution in [0.5, 0.6) is 0 Å². The van der Waals surface area contributed by atoms with Crippen LogP contribution in [-0.2, 0) is 4.74 Å². The molecule has 0 unspecified atom stereocenters. The van der Waals surface area contributed by atoms with Crippen molar-refractivity contribution in [3.63, 3.8) is 0 Å². The third-order valence-electron chi connectivity index (χ3n) is 0.791. The van der Waals surface area contributed by atoms with E-state index in [0.717, 1.165) is 12.2 Å². The van der Waals surface area contributed by atoms with E-state index in [1.165, 1.54) is 0 Å². The van der Waals surface area contributed by atoms with Crippen molar-refractivity contribution in [3.05, 3.63) is 12.3 Å².